The summed E-state index contributed by atoms with van der Waals surface area (Å²) in [5.74, 6) is 0. The molecule has 0 unspecified atom stereocenters. The number of ether oxygens (including phenoxy) is 1. The number of aliphatic hydroxyl groups is 1. The van der Waals surface area contributed by atoms with Crippen LogP contribution in [0.5, 0.6) is 0 Å². The standard InChI is InChI=1S/C9H17NO3/c1-9(2,3)13-8(12)10-6-4-5-7-11/h4-5,11H,6-7H2,1-3H3,(H,10,12)/b5-4+. The SMILES string of the molecule is CC(C)(C)OC(=O)NC/C=C/CO. The van der Waals surface area contributed by atoms with Crippen molar-refractivity contribution in [1.29, 1.82) is 0 Å². The Kier molecular flexibility index (Phi) is 5.14. The molecule has 0 radical (unpaired) electrons. The highest BCUT2D eigenvalue weighted by Crippen LogP contribution is 2.05. The Balaban J connectivity index is 3.58. The second-order valence-corrected chi connectivity index (χ2v) is 3.54. The van der Waals surface area contributed by atoms with E-state index in [0.717, 1.165) is 0 Å². The lowest BCUT2D eigenvalue weighted by atomic mass is 10.2. The predicted molar refractivity (Wildman–Crippen MR) is 50.5 cm³/mol. The molecule has 0 heterocycles. The average Bonchev–Trinajstić information content (AvgIpc) is 1.94. The molecule has 1 amide bonds. The van der Waals surface area contributed by atoms with Crippen molar-refractivity contribution in [2.24, 2.45) is 0 Å². The molecule has 0 rings (SSSR count). The Labute approximate surface area is 78.6 Å². The van der Waals surface area contributed by atoms with E-state index in [9.17, 15) is 4.79 Å². The maximum atomic E-state index is 11.0. The van der Waals surface area contributed by atoms with Gasteiger partial charge in [0.2, 0.25) is 0 Å². The molecule has 2 N–H and O–H groups in total. The third kappa shape index (κ3) is 8.88. The summed E-state index contributed by atoms with van der Waals surface area (Å²) in [6.45, 7) is 5.76. The van der Waals surface area contributed by atoms with Crippen LogP contribution < -0.4 is 5.32 Å². The van der Waals surface area contributed by atoms with E-state index in [2.05, 4.69) is 5.32 Å². The minimum absolute atomic E-state index is 0.0179. The average molecular weight is 187 g/mol. The Morgan fingerprint density at radius 1 is 1.46 bits per heavy atom. The summed E-state index contributed by atoms with van der Waals surface area (Å²) in [5, 5.41) is 10.9. The zero-order valence-corrected chi connectivity index (χ0v) is 8.33. The molecule has 0 saturated heterocycles. The van der Waals surface area contributed by atoms with Crippen molar-refractivity contribution in [1.82, 2.24) is 5.32 Å². The molecule has 0 aliphatic heterocycles. The molecule has 0 aliphatic rings. The molecule has 0 aromatic rings. The number of carbonyl (C=O) groups excluding carboxylic acids is 1. The second-order valence-electron chi connectivity index (χ2n) is 3.54. The maximum absolute atomic E-state index is 11.0. The quantitative estimate of drug-likeness (QED) is 0.649. The Hall–Kier alpha value is -1.03. The van der Waals surface area contributed by atoms with Gasteiger partial charge in [-0.15, -0.1) is 0 Å². The molecule has 0 aliphatic carbocycles. The maximum Gasteiger partial charge on any atom is 0.407 e. The molecule has 0 saturated carbocycles. The Morgan fingerprint density at radius 2 is 2.08 bits per heavy atom. The predicted octanol–water partition coefficient (Wildman–Crippen LogP) is 1.06. The first-order valence-electron chi connectivity index (χ1n) is 4.18. The lowest BCUT2D eigenvalue weighted by Gasteiger charge is -2.19. The van der Waals surface area contributed by atoms with E-state index in [1.807, 2.05) is 0 Å². The van der Waals surface area contributed by atoms with Crippen molar-refractivity contribution in [3.8, 4) is 0 Å². The van der Waals surface area contributed by atoms with Crippen molar-refractivity contribution in [2.75, 3.05) is 13.2 Å². The van der Waals surface area contributed by atoms with Gasteiger partial charge in [-0.25, -0.2) is 4.79 Å². The van der Waals surface area contributed by atoms with E-state index in [4.69, 9.17) is 9.84 Å². The van der Waals surface area contributed by atoms with E-state index in [-0.39, 0.29) is 6.61 Å². The van der Waals surface area contributed by atoms with Gasteiger partial charge in [-0.1, -0.05) is 12.2 Å². The highest BCUT2D eigenvalue weighted by atomic mass is 16.6. The number of nitrogens with one attached hydrogen (secondary N) is 1. The van der Waals surface area contributed by atoms with E-state index >= 15 is 0 Å². The molecule has 13 heavy (non-hydrogen) atoms. The first-order chi connectivity index (χ1) is 5.95. The van der Waals surface area contributed by atoms with Crippen LogP contribution in [-0.2, 0) is 4.74 Å². The van der Waals surface area contributed by atoms with Crippen molar-refractivity contribution in [3.63, 3.8) is 0 Å². The fourth-order valence-electron chi connectivity index (χ4n) is 0.614. The van der Waals surface area contributed by atoms with Gasteiger partial charge in [-0.05, 0) is 20.8 Å². The van der Waals surface area contributed by atoms with Gasteiger partial charge in [0.1, 0.15) is 5.60 Å². The van der Waals surface area contributed by atoms with Gasteiger partial charge in [0.25, 0.3) is 0 Å². The topological polar surface area (TPSA) is 58.6 Å². The summed E-state index contributed by atoms with van der Waals surface area (Å²) in [4.78, 5) is 11.0. The van der Waals surface area contributed by atoms with Gasteiger partial charge >= 0.3 is 6.09 Å². The number of amides is 1. The smallest absolute Gasteiger partial charge is 0.407 e. The van der Waals surface area contributed by atoms with Crippen LogP contribution in [0.2, 0.25) is 0 Å². The molecule has 0 fully saturated rings. The molecule has 0 bridgehead atoms. The molecule has 0 spiro atoms. The Morgan fingerprint density at radius 3 is 2.54 bits per heavy atom. The fourth-order valence-corrected chi connectivity index (χ4v) is 0.614. The lowest BCUT2D eigenvalue weighted by Crippen LogP contribution is -2.32. The molecule has 0 atom stereocenters. The molecule has 0 aromatic heterocycles. The fraction of sp³-hybridized carbons (Fsp3) is 0.667. The van der Waals surface area contributed by atoms with Crippen LogP contribution in [0, 0.1) is 0 Å². The summed E-state index contributed by atoms with van der Waals surface area (Å²) < 4.78 is 4.97. The van der Waals surface area contributed by atoms with Gasteiger partial charge in [0, 0.05) is 6.54 Å². The van der Waals surface area contributed by atoms with Crippen LogP contribution in [0.1, 0.15) is 20.8 Å². The van der Waals surface area contributed by atoms with Gasteiger partial charge in [0.15, 0.2) is 0 Å². The summed E-state index contributed by atoms with van der Waals surface area (Å²) >= 11 is 0. The lowest BCUT2D eigenvalue weighted by molar-refractivity contribution is 0.0534. The van der Waals surface area contributed by atoms with Gasteiger partial charge in [-0.2, -0.15) is 0 Å². The van der Waals surface area contributed by atoms with Gasteiger partial charge in [-0.3, -0.25) is 0 Å². The number of carbonyl (C=O) groups is 1. The van der Waals surface area contributed by atoms with Crippen LogP contribution in [0.15, 0.2) is 12.2 Å². The van der Waals surface area contributed by atoms with Gasteiger partial charge in [0.05, 0.1) is 6.61 Å². The van der Waals surface area contributed by atoms with E-state index in [0.29, 0.717) is 6.54 Å². The van der Waals surface area contributed by atoms with Crippen molar-refractivity contribution in [2.45, 2.75) is 26.4 Å². The monoisotopic (exact) mass is 187 g/mol. The number of hydrogen-bond donors (Lipinski definition) is 2. The van der Waals surface area contributed by atoms with Gasteiger partial charge < -0.3 is 15.2 Å². The van der Waals surface area contributed by atoms with Crippen molar-refractivity contribution in [3.05, 3.63) is 12.2 Å². The number of hydrogen-bond acceptors (Lipinski definition) is 3. The third-order valence-electron chi connectivity index (χ3n) is 1.04. The number of rotatable bonds is 3. The minimum atomic E-state index is -0.467. The van der Waals surface area contributed by atoms with Crippen molar-refractivity contribution < 1.29 is 14.6 Å². The molecule has 4 heteroatoms. The highest BCUT2D eigenvalue weighted by molar-refractivity contribution is 5.67. The van der Waals surface area contributed by atoms with Crippen LogP contribution in [0.25, 0.3) is 0 Å². The zero-order chi connectivity index (χ0) is 10.3. The summed E-state index contributed by atoms with van der Waals surface area (Å²) in [5.41, 5.74) is -0.467. The molecule has 76 valence electrons. The molecule has 0 aromatic carbocycles. The summed E-state index contributed by atoms with van der Waals surface area (Å²) in [6, 6.07) is 0. The van der Waals surface area contributed by atoms with Crippen LogP contribution >= 0.6 is 0 Å². The highest BCUT2D eigenvalue weighted by Gasteiger charge is 2.14. The Bertz CT molecular complexity index is 182. The number of alkyl carbamates (subject to hydrolysis) is 1. The zero-order valence-electron chi connectivity index (χ0n) is 8.33. The van der Waals surface area contributed by atoms with Crippen LogP contribution in [-0.4, -0.2) is 30.0 Å². The molecular weight excluding hydrogens is 170 g/mol. The first kappa shape index (κ1) is 12.0. The van der Waals surface area contributed by atoms with Crippen LogP contribution in [0.4, 0.5) is 4.79 Å². The number of aliphatic hydroxyl groups excluding tert-OH is 1. The summed E-state index contributed by atoms with van der Waals surface area (Å²) in [7, 11) is 0. The molecular formula is C9H17NO3. The minimum Gasteiger partial charge on any atom is -0.444 e. The molecule has 4 nitrogen and oxygen atoms in total. The van der Waals surface area contributed by atoms with Crippen LogP contribution in [0.3, 0.4) is 0 Å². The van der Waals surface area contributed by atoms with E-state index in [1.165, 1.54) is 0 Å². The first-order valence-corrected chi connectivity index (χ1v) is 4.18. The van der Waals surface area contributed by atoms with Crippen molar-refractivity contribution >= 4 is 6.09 Å². The second kappa shape index (κ2) is 5.59. The normalized spacial score (nSPS) is 11.7. The van der Waals surface area contributed by atoms with E-state index < -0.39 is 11.7 Å². The van der Waals surface area contributed by atoms with E-state index in [1.54, 1.807) is 32.9 Å². The largest absolute Gasteiger partial charge is 0.444 e. The third-order valence-corrected chi connectivity index (χ3v) is 1.04. The summed E-state index contributed by atoms with van der Waals surface area (Å²) in [6.07, 6.45) is 2.76.